The van der Waals surface area contributed by atoms with Crippen LogP contribution in [-0.2, 0) is 13.0 Å². The highest BCUT2D eigenvalue weighted by atomic mass is 79.9. The third kappa shape index (κ3) is 2.63. The molecule has 1 N–H and O–H groups in total. The summed E-state index contributed by atoms with van der Waals surface area (Å²) >= 11 is 3.50. The second-order valence-electron chi connectivity index (χ2n) is 5.28. The van der Waals surface area contributed by atoms with Crippen molar-refractivity contribution in [1.82, 2.24) is 4.57 Å². The largest absolute Gasteiger partial charge is 0.496 e. The fourth-order valence-corrected chi connectivity index (χ4v) is 3.29. The summed E-state index contributed by atoms with van der Waals surface area (Å²) in [6.07, 6.45) is 6.92. The van der Waals surface area contributed by atoms with Crippen LogP contribution in [0.25, 0.3) is 0 Å². The third-order valence-corrected chi connectivity index (χ3v) is 4.37. The number of halogens is 1. The average molecular weight is 336 g/mol. The maximum atomic E-state index is 10.0. The predicted octanol–water partition coefficient (Wildman–Crippen LogP) is 3.68. The Bertz CT molecular complexity index is 621. The van der Waals surface area contributed by atoms with Crippen LogP contribution in [0.4, 0.5) is 0 Å². The molecule has 0 amide bonds. The van der Waals surface area contributed by atoms with Crippen LogP contribution in [0.2, 0.25) is 0 Å². The predicted molar refractivity (Wildman–Crippen MR) is 82.1 cm³/mol. The quantitative estimate of drug-likeness (QED) is 0.928. The Morgan fingerprint density at radius 2 is 2.25 bits per heavy atom. The fraction of sp³-hybridized carbons (Fsp3) is 0.375. The second-order valence-corrected chi connectivity index (χ2v) is 6.19. The van der Waals surface area contributed by atoms with Crippen molar-refractivity contribution >= 4 is 15.9 Å². The first-order valence-electron chi connectivity index (χ1n) is 6.86. The first-order chi connectivity index (χ1) is 9.67. The van der Waals surface area contributed by atoms with Gasteiger partial charge in [-0.15, -0.1) is 0 Å². The van der Waals surface area contributed by atoms with E-state index in [1.807, 2.05) is 12.1 Å². The summed E-state index contributed by atoms with van der Waals surface area (Å²) in [7, 11) is 1.69. The number of fused-ring (bicyclic) bond motifs is 1. The van der Waals surface area contributed by atoms with Crippen LogP contribution in [0.15, 0.2) is 35.1 Å². The van der Waals surface area contributed by atoms with Gasteiger partial charge in [-0.3, -0.25) is 0 Å². The Balaban J connectivity index is 1.90. The van der Waals surface area contributed by atoms with Crippen LogP contribution in [0.5, 0.6) is 5.75 Å². The third-order valence-electron chi connectivity index (χ3n) is 3.88. The zero-order valence-corrected chi connectivity index (χ0v) is 13.1. The number of nitrogens with zero attached hydrogens (tertiary/aromatic N) is 1. The molecule has 1 atom stereocenters. The lowest BCUT2D eigenvalue weighted by Gasteiger charge is -2.16. The molecule has 0 saturated heterocycles. The molecule has 20 heavy (non-hydrogen) atoms. The van der Waals surface area contributed by atoms with E-state index in [0.29, 0.717) is 0 Å². The van der Waals surface area contributed by atoms with E-state index in [1.165, 1.54) is 5.56 Å². The summed E-state index contributed by atoms with van der Waals surface area (Å²) in [6, 6.07) is 6.03. The molecule has 1 aliphatic rings. The molecule has 3 nitrogen and oxygen atoms in total. The monoisotopic (exact) mass is 335 g/mol. The normalized spacial score (nSPS) is 17.9. The lowest BCUT2D eigenvalue weighted by atomic mass is 9.93. The molecule has 1 aliphatic carbocycles. The highest BCUT2D eigenvalue weighted by molar-refractivity contribution is 9.10. The minimum atomic E-state index is -0.301. The van der Waals surface area contributed by atoms with Gasteiger partial charge >= 0.3 is 0 Å². The standard InChI is InChI=1S/C16H18BrNO2/c1-20-16-6-5-13(17)7-12(16)9-18-8-11-3-2-4-15(19)14(11)10-18/h5-8,10,15,19H,2-4,9H2,1H3. The molecule has 1 unspecified atom stereocenters. The van der Waals surface area contributed by atoms with Crippen molar-refractivity contribution in [1.29, 1.82) is 0 Å². The maximum absolute atomic E-state index is 10.0. The van der Waals surface area contributed by atoms with Gasteiger partial charge in [0.05, 0.1) is 19.8 Å². The Kier molecular flexibility index (Phi) is 3.85. The molecule has 106 valence electrons. The van der Waals surface area contributed by atoms with Gasteiger partial charge in [0.15, 0.2) is 0 Å². The molecule has 3 rings (SSSR count). The summed E-state index contributed by atoms with van der Waals surface area (Å²) < 4.78 is 8.60. The summed E-state index contributed by atoms with van der Waals surface area (Å²) in [4.78, 5) is 0. The van der Waals surface area contributed by atoms with Crippen LogP contribution in [0.3, 0.4) is 0 Å². The van der Waals surface area contributed by atoms with Gasteiger partial charge in [0.25, 0.3) is 0 Å². The van der Waals surface area contributed by atoms with Crippen molar-refractivity contribution in [2.45, 2.75) is 31.9 Å². The lowest BCUT2D eigenvalue weighted by Crippen LogP contribution is -2.05. The summed E-state index contributed by atoms with van der Waals surface area (Å²) in [6.45, 7) is 0.752. The van der Waals surface area contributed by atoms with Crippen LogP contribution >= 0.6 is 15.9 Å². The van der Waals surface area contributed by atoms with Gasteiger partial charge in [0.2, 0.25) is 0 Å². The number of hydrogen-bond donors (Lipinski definition) is 1. The van der Waals surface area contributed by atoms with Gasteiger partial charge in [-0.05, 0) is 43.0 Å². The van der Waals surface area contributed by atoms with Crippen LogP contribution in [0.1, 0.15) is 35.6 Å². The molecule has 4 heteroatoms. The molecule has 0 saturated carbocycles. The molecule has 1 aromatic heterocycles. The average Bonchev–Trinajstić information content (AvgIpc) is 2.83. The van der Waals surface area contributed by atoms with Gasteiger partial charge in [-0.25, -0.2) is 0 Å². The molecule has 0 fully saturated rings. The van der Waals surface area contributed by atoms with Crippen molar-refractivity contribution in [3.63, 3.8) is 0 Å². The number of aliphatic hydroxyl groups is 1. The van der Waals surface area contributed by atoms with Crippen molar-refractivity contribution in [2.75, 3.05) is 7.11 Å². The van der Waals surface area contributed by atoms with E-state index in [2.05, 4.69) is 39.0 Å². The summed E-state index contributed by atoms with van der Waals surface area (Å²) in [5.41, 5.74) is 3.49. The van der Waals surface area contributed by atoms with Gasteiger partial charge in [0, 0.05) is 28.0 Å². The smallest absolute Gasteiger partial charge is 0.123 e. The van der Waals surface area contributed by atoms with Gasteiger partial charge in [-0.1, -0.05) is 15.9 Å². The van der Waals surface area contributed by atoms with Gasteiger partial charge in [0.1, 0.15) is 5.75 Å². The second kappa shape index (κ2) is 5.62. The SMILES string of the molecule is COc1ccc(Br)cc1Cn1cc2c(c1)C(O)CCC2. The minimum Gasteiger partial charge on any atom is -0.496 e. The molecule has 0 bridgehead atoms. The van der Waals surface area contributed by atoms with E-state index in [0.717, 1.165) is 47.2 Å². The van der Waals surface area contributed by atoms with Crippen molar-refractivity contribution < 1.29 is 9.84 Å². The number of rotatable bonds is 3. The van der Waals surface area contributed by atoms with Crippen LogP contribution in [-0.4, -0.2) is 16.8 Å². The molecule has 0 spiro atoms. The number of aryl methyl sites for hydroxylation is 1. The Hall–Kier alpha value is -1.26. The number of aliphatic hydroxyl groups excluding tert-OH is 1. The van der Waals surface area contributed by atoms with E-state index >= 15 is 0 Å². The zero-order valence-electron chi connectivity index (χ0n) is 11.5. The van der Waals surface area contributed by atoms with E-state index in [-0.39, 0.29) is 6.10 Å². The van der Waals surface area contributed by atoms with E-state index in [9.17, 15) is 5.11 Å². The zero-order chi connectivity index (χ0) is 14.1. The van der Waals surface area contributed by atoms with Gasteiger partial charge in [-0.2, -0.15) is 0 Å². The first-order valence-corrected chi connectivity index (χ1v) is 7.65. The topological polar surface area (TPSA) is 34.4 Å². The van der Waals surface area contributed by atoms with E-state index in [4.69, 9.17) is 4.74 Å². The Morgan fingerprint density at radius 3 is 3.00 bits per heavy atom. The lowest BCUT2D eigenvalue weighted by molar-refractivity contribution is 0.157. The molecule has 1 heterocycles. The highest BCUT2D eigenvalue weighted by Gasteiger charge is 2.20. The highest BCUT2D eigenvalue weighted by Crippen LogP contribution is 2.31. The first kappa shape index (κ1) is 13.7. The van der Waals surface area contributed by atoms with Crippen molar-refractivity contribution in [2.24, 2.45) is 0 Å². The van der Waals surface area contributed by atoms with Crippen molar-refractivity contribution in [3.05, 3.63) is 51.8 Å². The number of benzene rings is 1. The molecular formula is C16H18BrNO2. The number of hydrogen-bond acceptors (Lipinski definition) is 2. The number of aromatic nitrogens is 1. The molecule has 1 aromatic carbocycles. The summed E-state index contributed by atoms with van der Waals surface area (Å²) in [5.74, 6) is 0.889. The minimum absolute atomic E-state index is 0.301. The number of methoxy groups -OCH3 is 1. The van der Waals surface area contributed by atoms with Gasteiger partial charge < -0.3 is 14.4 Å². The van der Waals surface area contributed by atoms with E-state index < -0.39 is 0 Å². The fourth-order valence-electron chi connectivity index (χ4n) is 2.88. The maximum Gasteiger partial charge on any atom is 0.123 e. The molecule has 2 aromatic rings. The Labute approximate surface area is 127 Å². The summed E-state index contributed by atoms with van der Waals surface area (Å²) in [5, 5.41) is 10.0. The Morgan fingerprint density at radius 1 is 1.40 bits per heavy atom. The van der Waals surface area contributed by atoms with E-state index in [1.54, 1.807) is 7.11 Å². The van der Waals surface area contributed by atoms with Crippen LogP contribution < -0.4 is 4.74 Å². The number of ether oxygens (including phenoxy) is 1. The van der Waals surface area contributed by atoms with Crippen molar-refractivity contribution in [3.8, 4) is 5.75 Å². The molecule has 0 radical (unpaired) electrons. The molecule has 0 aliphatic heterocycles. The van der Waals surface area contributed by atoms with Crippen LogP contribution in [0, 0.1) is 0 Å². The molecular weight excluding hydrogens is 318 g/mol.